The smallest absolute Gasteiger partial charge is 0.219 e. The van der Waals surface area contributed by atoms with Gasteiger partial charge in [-0.05, 0) is 25.3 Å². The third-order valence-corrected chi connectivity index (χ3v) is 2.83. The van der Waals surface area contributed by atoms with Crippen LogP contribution in [-0.2, 0) is 0 Å². The molecule has 0 radical (unpaired) electrons. The Morgan fingerprint density at radius 3 is 2.81 bits per heavy atom. The van der Waals surface area contributed by atoms with Crippen LogP contribution in [0.15, 0.2) is 12.1 Å². The van der Waals surface area contributed by atoms with Crippen LogP contribution in [0.1, 0.15) is 15.9 Å². The van der Waals surface area contributed by atoms with Crippen LogP contribution in [0.25, 0.3) is 0 Å². The lowest BCUT2D eigenvalue weighted by Crippen LogP contribution is -2.05. The van der Waals surface area contributed by atoms with Gasteiger partial charge in [0.25, 0.3) is 0 Å². The van der Waals surface area contributed by atoms with E-state index in [1.165, 1.54) is 12.1 Å². The van der Waals surface area contributed by atoms with E-state index in [1.54, 1.807) is 13.2 Å². The molecular weight excluding hydrogens is 251 g/mol. The highest BCUT2D eigenvalue weighted by atomic mass is 35.5. The molecule has 0 aromatic heterocycles. The number of carbonyl (C=O) groups is 1. The first-order valence-corrected chi connectivity index (χ1v) is 6.44. The van der Waals surface area contributed by atoms with Gasteiger partial charge in [-0.3, -0.25) is 4.79 Å². The van der Waals surface area contributed by atoms with E-state index in [1.807, 2.05) is 0 Å². The molecule has 1 rings (SSSR count). The number of carbonyl (C=O) groups excluding carboxylic acids is 1. The zero-order chi connectivity index (χ0) is 12.1. The summed E-state index contributed by atoms with van der Waals surface area (Å²) in [5.74, 6) is -0.0830. The van der Waals surface area contributed by atoms with E-state index in [0.717, 1.165) is 11.8 Å². The Kier molecular flexibility index (Phi) is 5.09. The predicted molar refractivity (Wildman–Crippen MR) is 65.2 cm³/mol. The Bertz CT molecular complexity index is 396. The summed E-state index contributed by atoms with van der Waals surface area (Å²) >= 11 is 6.55. The summed E-state index contributed by atoms with van der Waals surface area (Å²) in [6.45, 7) is 1.88. The van der Waals surface area contributed by atoms with Gasteiger partial charge in [0.1, 0.15) is 6.61 Å². The van der Waals surface area contributed by atoms with Crippen molar-refractivity contribution in [2.45, 2.75) is 6.92 Å². The number of hydrogen-bond acceptors (Lipinski definition) is 3. The molecule has 5 heteroatoms. The molecule has 16 heavy (non-hydrogen) atoms. The number of ether oxygens (including phenoxy) is 1. The number of benzene rings is 1. The van der Waals surface area contributed by atoms with E-state index in [9.17, 15) is 9.18 Å². The second-order valence-electron chi connectivity index (χ2n) is 3.08. The third-order valence-electron chi connectivity index (χ3n) is 2.09. The van der Waals surface area contributed by atoms with E-state index < -0.39 is 5.82 Å². The molecule has 0 aliphatic carbocycles. The molecule has 0 unspecified atom stereocenters. The van der Waals surface area contributed by atoms with Crippen LogP contribution in [0.2, 0.25) is 0 Å². The van der Waals surface area contributed by atoms with Crippen LogP contribution < -0.4 is 4.74 Å². The maximum Gasteiger partial charge on any atom is 0.219 e. The zero-order valence-electron chi connectivity index (χ0n) is 9.05. The van der Waals surface area contributed by atoms with Crippen LogP contribution in [0, 0.1) is 12.7 Å². The molecule has 0 N–H and O–H groups in total. The maximum atomic E-state index is 13.4. The van der Waals surface area contributed by atoms with Crippen molar-refractivity contribution in [3.05, 3.63) is 29.1 Å². The lowest BCUT2D eigenvalue weighted by atomic mass is 10.1. The Hall–Kier alpha value is -0.740. The molecule has 0 amide bonds. The predicted octanol–water partition coefficient (Wildman–Crippen LogP) is 3.25. The highest BCUT2D eigenvalue weighted by Crippen LogP contribution is 2.27. The summed E-state index contributed by atoms with van der Waals surface area (Å²) in [5, 5.41) is -0.103. The van der Waals surface area contributed by atoms with Crippen LogP contribution in [0.4, 0.5) is 4.39 Å². The fourth-order valence-corrected chi connectivity index (χ4v) is 1.83. The van der Waals surface area contributed by atoms with Gasteiger partial charge in [-0.25, -0.2) is 4.39 Å². The van der Waals surface area contributed by atoms with E-state index in [-0.39, 0.29) is 23.4 Å². The fraction of sp³-hybridized carbons (Fsp3) is 0.364. The van der Waals surface area contributed by atoms with Gasteiger partial charge in [-0.1, -0.05) is 11.8 Å². The summed E-state index contributed by atoms with van der Waals surface area (Å²) in [5.41, 5.74) is 0.989. The Morgan fingerprint density at radius 2 is 2.25 bits per heavy atom. The number of halogens is 2. The Morgan fingerprint density at radius 1 is 1.56 bits per heavy atom. The van der Waals surface area contributed by atoms with Gasteiger partial charge in [0.05, 0.1) is 5.88 Å². The van der Waals surface area contributed by atoms with Crippen molar-refractivity contribution in [3.63, 3.8) is 0 Å². The summed E-state index contributed by atoms with van der Waals surface area (Å²) in [4.78, 5) is 11.5. The van der Waals surface area contributed by atoms with Crippen molar-refractivity contribution in [3.8, 4) is 5.75 Å². The number of rotatable bonds is 4. The monoisotopic (exact) mass is 262 g/mol. The van der Waals surface area contributed by atoms with Crippen LogP contribution in [0.5, 0.6) is 5.75 Å². The van der Waals surface area contributed by atoms with Gasteiger partial charge in [0, 0.05) is 11.1 Å². The van der Waals surface area contributed by atoms with E-state index >= 15 is 0 Å². The van der Waals surface area contributed by atoms with Crippen LogP contribution in [0.3, 0.4) is 0 Å². The molecule has 0 heterocycles. The topological polar surface area (TPSA) is 26.3 Å². The highest BCUT2D eigenvalue weighted by Gasteiger charge is 2.15. The molecule has 0 aliphatic rings. The van der Waals surface area contributed by atoms with E-state index in [0.29, 0.717) is 11.1 Å². The first kappa shape index (κ1) is 13.3. The van der Waals surface area contributed by atoms with Crippen molar-refractivity contribution in [2.75, 3.05) is 18.7 Å². The van der Waals surface area contributed by atoms with Gasteiger partial charge in [-0.15, -0.1) is 11.6 Å². The number of alkyl halides is 1. The minimum atomic E-state index is -0.472. The molecule has 0 saturated heterocycles. The van der Waals surface area contributed by atoms with Crippen molar-refractivity contribution in [1.29, 1.82) is 0 Å². The average molecular weight is 263 g/mol. The minimum absolute atomic E-state index is 0.103. The Balaban J connectivity index is 3.11. The largest absolute Gasteiger partial charge is 0.489 e. The van der Waals surface area contributed by atoms with E-state index in [2.05, 4.69) is 0 Å². The summed E-state index contributed by atoms with van der Waals surface area (Å²) in [6.07, 6.45) is 1.68. The summed E-state index contributed by atoms with van der Waals surface area (Å²) in [6, 6.07) is 2.71. The molecule has 0 saturated carbocycles. The van der Waals surface area contributed by atoms with Gasteiger partial charge in [-0.2, -0.15) is 0 Å². The van der Waals surface area contributed by atoms with Gasteiger partial charge in [0.2, 0.25) is 5.12 Å². The second kappa shape index (κ2) is 6.11. The van der Waals surface area contributed by atoms with Crippen molar-refractivity contribution >= 4 is 28.5 Å². The molecule has 0 atom stereocenters. The molecule has 88 valence electrons. The SMILES string of the molecule is CSC(=O)c1ccc(F)c(OCCCl)c1C. The third kappa shape index (κ3) is 2.89. The Labute approximate surface area is 103 Å². The standard InChI is InChI=1S/C11H12ClFO2S/c1-7-8(11(14)16-2)3-4-9(13)10(7)15-6-5-12/h3-4H,5-6H2,1-2H3. The number of thioether (sulfide) groups is 1. The number of hydrogen-bond donors (Lipinski definition) is 0. The van der Waals surface area contributed by atoms with Crippen molar-refractivity contribution in [2.24, 2.45) is 0 Å². The zero-order valence-corrected chi connectivity index (χ0v) is 10.6. The van der Waals surface area contributed by atoms with E-state index in [4.69, 9.17) is 16.3 Å². The molecule has 2 nitrogen and oxygen atoms in total. The molecular formula is C11H12ClFO2S. The molecule has 0 fully saturated rings. The molecule has 1 aromatic carbocycles. The van der Waals surface area contributed by atoms with Gasteiger partial charge in [0.15, 0.2) is 11.6 Å². The molecule has 0 bridgehead atoms. The van der Waals surface area contributed by atoms with Crippen LogP contribution in [-0.4, -0.2) is 23.9 Å². The highest BCUT2D eigenvalue weighted by molar-refractivity contribution is 8.13. The lowest BCUT2D eigenvalue weighted by Gasteiger charge is -2.11. The van der Waals surface area contributed by atoms with Gasteiger partial charge >= 0.3 is 0 Å². The lowest BCUT2D eigenvalue weighted by molar-refractivity contribution is 0.108. The quantitative estimate of drug-likeness (QED) is 0.779. The summed E-state index contributed by atoms with van der Waals surface area (Å²) < 4.78 is 18.6. The van der Waals surface area contributed by atoms with Crippen molar-refractivity contribution < 1.29 is 13.9 Å². The second-order valence-corrected chi connectivity index (χ2v) is 4.24. The molecule has 0 aliphatic heterocycles. The van der Waals surface area contributed by atoms with Gasteiger partial charge < -0.3 is 4.74 Å². The summed E-state index contributed by atoms with van der Waals surface area (Å²) in [7, 11) is 0. The minimum Gasteiger partial charge on any atom is -0.489 e. The van der Waals surface area contributed by atoms with Crippen molar-refractivity contribution in [1.82, 2.24) is 0 Å². The normalized spacial score (nSPS) is 10.2. The van der Waals surface area contributed by atoms with Crippen LogP contribution >= 0.6 is 23.4 Å². The average Bonchev–Trinajstić information content (AvgIpc) is 2.28. The fourth-order valence-electron chi connectivity index (χ4n) is 1.31. The first-order chi connectivity index (χ1) is 7.61. The molecule has 0 spiro atoms. The molecule has 1 aromatic rings. The first-order valence-electron chi connectivity index (χ1n) is 4.68. The maximum absolute atomic E-state index is 13.4.